The van der Waals surface area contributed by atoms with E-state index < -0.39 is 11.9 Å². The van der Waals surface area contributed by atoms with E-state index in [1.807, 2.05) is 6.92 Å². The van der Waals surface area contributed by atoms with Crippen molar-refractivity contribution < 1.29 is 19.5 Å². The average molecular weight is 356 g/mol. The lowest BCUT2D eigenvalue weighted by molar-refractivity contribution is -0.931. The molecule has 0 fully saturated rings. The van der Waals surface area contributed by atoms with Gasteiger partial charge in [0.2, 0.25) is 0 Å². The highest BCUT2D eigenvalue weighted by molar-refractivity contribution is 5.66. The fourth-order valence-electron chi connectivity index (χ4n) is 3.36. The highest BCUT2D eigenvalue weighted by Gasteiger charge is 2.29. The van der Waals surface area contributed by atoms with Gasteiger partial charge in [0.15, 0.2) is 0 Å². The molecule has 0 bridgehead atoms. The van der Waals surface area contributed by atoms with Gasteiger partial charge in [-0.15, -0.1) is 0 Å². The molecule has 0 amide bonds. The molecule has 0 aromatic heterocycles. The Morgan fingerprint density at radius 2 is 1.68 bits per heavy atom. The van der Waals surface area contributed by atoms with Crippen molar-refractivity contribution in [3.63, 3.8) is 0 Å². The Kier molecular flexibility index (Phi) is 13.8. The van der Waals surface area contributed by atoms with Gasteiger partial charge < -0.3 is 19.5 Å². The van der Waals surface area contributed by atoms with Crippen LogP contribution in [0.1, 0.15) is 79.1 Å². The van der Waals surface area contributed by atoms with Gasteiger partial charge in [0.25, 0.3) is 0 Å². The first-order valence-corrected chi connectivity index (χ1v) is 10.3. The van der Waals surface area contributed by atoms with Crippen LogP contribution in [-0.4, -0.2) is 47.8 Å². The van der Waals surface area contributed by atoms with Crippen LogP contribution in [-0.2, 0) is 4.79 Å². The maximum Gasteiger partial charge on any atom is 0.105 e. The fraction of sp³-hybridized carbons (Fsp3) is 0.857. The van der Waals surface area contributed by atoms with Crippen LogP contribution in [0.25, 0.3) is 0 Å². The van der Waals surface area contributed by atoms with Gasteiger partial charge >= 0.3 is 0 Å². The van der Waals surface area contributed by atoms with E-state index in [0.717, 1.165) is 75.6 Å². The van der Waals surface area contributed by atoms with E-state index in [1.165, 1.54) is 0 Å². The number of aliphatic carboxylic acids is 1. The minimum Gasteiger partial charge on any atom is -0.550 e. The van der Waals surface area contributed by atoms with Crippen molar-refractivity contribution in [1.82, 2.24) is 0 Å². The third kappa shape index (κ3) is 11.4. The number of nitrogens with zero attached hydrogens (tertiary/aromatic N) is 1. The van der Waals surface area contributed by atoms with Gasteiger partial charge in [-0.1, -0.05) is 45.8 Å². The summed E-state index contributed by atoms with van der Waals surface area (Å²) in [7, 11) is 0. The zero-order chi connectivity index (χ0) is 19.1. The molecule has 4 nitrogen and oxygen atoms in total. The zero-order valence-electron chi connectivity index (χ0n) is 17.0. The molecule has 0 aromatic carbocycles. The molecule has 0 radical (unpaired) electrons. The normalized spacial score (nSPS) is 14.8. The van der Waals surface area contributed by atoms with Crippen molar-refractivity contribution in [2.45, 2.75) is 85.2 Å². The van der Waals surface area contributed by atoms with E-state index in [1.54, 1.807) is 6.92 Å². The lowest BCUT2D eigenvalue weighted by atomic mass is 10.0. The van der Waals surface area contributed by atoms with Gasteiger partial charge in [-0.05, 0) is 39.0 Å². The number of carbonyl (C=O) groups excluding carboxylic acids is 1. The molecule has 2 unspecified atom stereocenters. The summed E-state index contributed by atoms with van der Waals surface area (Å²) in [6.07, 6.45) is 11.8. The largest absolute Gasteiger partial charge is 0.550 e. The monoisotopic (exact) mass is 355 g/mol. The summed E-state index contributed by atoms with van der Waals surface area (Å²) in [6.45, 7) is 11.8. The Morgan fingerprint density at radius 3 is 2.16 bits per heavy atom. The van der Waals surface area contributed by atoms with Gasteiger partial charge in [-0.3, -0.25) is 0 Å². The van der Waals surface area contributed by atoms with Crippen LogP contribution in [0.15, 0.2) is 12.2 Å². The number of carboxylic acids is 1. The van der Waals surface area contributed by atoms with Gasteiger partial charge in [-0.25, -0.2) is 0 Å². The smallest absolute Gasteiger partial charge is 0.105 e. The van der Waals surface area contributed by atoms with Crippen LogP contribution in [0.5, 0.6) is 0 Å². The highest BCUT2D eigenvalue weighted by atomic mass is 16.4. The lowest BCUT2D eigenvalue weighted by Crippen LogP contribution is -2.54. The van der Waals surface area contributed by atoms with Crippen LogP contribution >= 0.6 is 0 Å². The predicted octanol–water partition coefficient (Wildman–Crippen LogP) is 3.29. The third-order valence-electron chi connectivity index (χ3n) is 5.15. The van der Waals surface area contributed by atoms with Gasteiger partial charge in [0.1, 0.15) is 12.6 Å². The molecule has 0 spiro atoms. The number of quaternary nitrogens is 1. The quantitative estimate of drug-likeness (QED) is 0.262. The maximum atomic E-state index is 11.1. The Labute approximate surface area is 155 Å². The second-order valence-corrected chi connectivity index (χ2v) is 7.56. The van der Waals surface area contributed by atoms with E-state index in [-0.39, 0.29) is 6.10 Å². The van der Waals surface area contributed by atoms with E-state index in [0.29, 0.717) is 6.42 Å². The molecule has 0 aliphatic rings. The second-order valence-electron chi connectivity index (χ2n) is 7.56. The van der Waals surface area contributed by atoms with E-state index in [4.69, 9.17) is 0 Å². The SMILES string of the molecule is C/C=C/CCCC(O)C[N+](CCCC)(CCCC)CCC(C)C(=O)[O-]. The number of rotatable bonds is 16. The van der Waals surface area contributed by atoms with Crippen LogP contribution in [0.2, 0.25) is 0 Å². The minimum absolute atomic E-state index is 0.308. The number of carbonyl (C=O) groups is 1. The summed E-state index contributed by atoms with van der Waals surface area (Å²) < 4.78 is 0.851. The van der Waals surface area contributed by atoms with Crippen LogP contribution in [0.4, 0.5) is 0 Å². The number of carboxylic acid groups (broad SMARTS) is 1. The van der Waals surface area contributed by atoms with Crippen molar-refractivity contribution in [1.29, 1.82) is 0 Å². The van der Waals surface area contributed by atoms with Crippen LogP contribution in [0.3, 0.4) is 0 Å². The zero-order valence-corrected chi connectivity index (χ0v) is 17.0. The molecule has 0 heterocycles. The number of aliphatic hydroxyl groups excluding tert-OH is 1. The number of allylic oxidation sites excluding steroid dienone is 2. The first kappa shape index (κ1) is 24.1. The topological polar surface area (TPSA) is 60.4 Å². The predicted molar refractivity (Wildman–Crippen MR) is 103 cm³/mol. The first-order chi connectivity index (χ1) is 11.9. The molecule has 1 N–H and O–H groups in total. The molecular formula is C21H41NO3. The number of hydrogen-bond acceptors (Lipinski definition) is 3. The molecule has 0 aliphatic carbocycles. The summed E-state index contributed by atoms with van der Waals surface area (Å²) in [5.74, 6) is -1.39. The summed E-state index contributed by atoms with van der Waals surface area (Å²) in [5, 5.41) is 21.7. The van der Waals surface area contributed by atoms with Crippen LogP contribution in [0, 0.1) is 5.92 Å². The molecule has 0 saturated heterocycles. The molecule has 4 heteroatoms. The number of aliphatic hydroxyl groups is 1. The molecule has 25 heavy (non-hydrogen) atoms. The summed E-state index contributed by atoms with van der Waals surface area (Å²) in [4.78, 5) is 11.1. The van der Waals surface area contributed by atoms with Crippen molar-refractivity contribution in [3.8, 4) is 0 Å². The fourth-order valence-corrected chi connectivity index (χ4v) is 3.36. The standard InChI is InChI=1S/C21H41NO3/c1-5-8-11-12-13-20(23)18-22(15-9-6-2,16-10-7-3)17-14-19(4)21(24)25/h5,8,19-20,23H,6-7,9-18H2,1-4H3/b8-5+. The second kappa shape index (κ2) is 14.3. The Morgan fingerprint density at radius 1 is 1.08 bits per heavy atom. The number of hydrogen-bond donors (Lipinski definition) is 1. The molecule has 0 saturated carbocycles. The lowest BCUT2D eigenvalue weighted by Gasteiger charge is -2.41. The molecular weight excluding hydrogens is 314 g/mol. The Hall–Kier alpha value is -0.870. The maximum absolute atomic E-state index is 11.1. The van der Waals surface area contributed by atoms with Crippen LogP contribution < -0.4 is 5.11 Å². The van der Waals surface area contributed by atoms with Crippen molar-refractivity contribution in [2.24, 2.45) is 5.92 Å². The van der Waals surface area contributed by atoms with Gasteiger partial charge in [0.05, 0.1) is 19.6 Å². The highest BCUT2D eigenvalue weighted by Crippen LogP contribution is 2.19. The van der Waals surface area contributed by atoms with Crippen molar-refractivity contribution >= 4 is 5.97 Å². The molecule has 0 rings (SSSR count). The van der Waals surface area contributed by atoms with Gasteiger partial charge in [-0.2, -0.15) is 0 Å². The third-order valence-corrected chi connectivity index (χ3v) is 5.15. The summed E-state index contributed by atoms with van der Waals surface area (Å²) in [6, 6.07) is 0. The Bertz CT molecular complexity index is 360. The van der Waals surface area contributed by atoms with Gasteiger partial charge in [0, 0.05) is 18.3 Å². The first-order valence-electron chi connectivity index (χ1n) is 10.3. The average Bonchev–Trinajstić information content (AvgIpc) is 2.59. The van der Waals surface area contributed by atoms with Crippen molar-refractivity contribution in [2.75, 3.05) is 26.2 Å². The van der Waals surface area contributed by atoms with E-state index >= 15 is 0 Å². The Balaban J connectivity index is 4.91. The molecule has 0 aliphatic heterocycles. The summed E-state index contributed by atoms with van der Waals surface area (Å²) in [5.41, 5.74) is 0. The molecule has 148 valence electrons. The molecule has 2 atom stereocenters. The minimum atomic E-state index is -0.962. The summed E-state index contributed by atoms with van der Waals surface area (Å²) >= 11 is 0. The molecule has 0 aromatic rings. The van der Waals surface area contributed by atoms with E-state index in [2.05, 4.69) is 26.0 Å². The van der Waals surface area contributed by atoms with E-state index in [9.17, 15) is 15.0 Å². The number of unbranched alkanes of at least 4 members (excludes halogenated alkanes) is 3. The van der Waals surface area contributed by atoms with Crippen molar-refractivity contribution in [3.05, 3.63) is 12.2 Å².